The number of amides is 2. The lowest BCUT2D eigenvalue weighted by Crippen LogP contribution is -2.19. The largest absolute Gasteiger partial charge is 0.506 e. The van der Waals surface area contributed by atoms with Gasteiger partial charge in [0.25, 0.3) is 5.69 Å². The predicted octanol–water partition coefficient (Wildman–Crippen LogP) is 3.43. The highest BCUT2D eigenvalue weighted by molar-refractivity contribution is 6.06. The number of aromatic nitrogens is 1. The molecule has 0 aliphatic carbocycles. The summed E-state index contributed by atoms with van der Waals surface area (Å²) in [6.07, 6.45) is 1.65. The number of rotatable bonds is 3. The summed E-state index contributed by atoms with van der Waals surface area (Å²) in [4.78, 5) is 25.0. The van der Waals surface area contributed by atoms with E-state index < -0.39 is 11.0 Å². The second-order valence-corrected chi connectivity index (χ2v) is 4.79. The van der Waals surface area contributed by atoms with Gasteiger partial charge in [0, 0.05) is 23.2 Å². The van der Waals surface area contributed by atoms with E-state index in [4.69, 9.17) is 0 Å². The van der Waals surface area contributed by atoms with Crippen LogP contribution in [0.25, 0.3) is 10.9 Å². The van der Waals surface area contributed by atoms with Gasteiger partial charge in [-0.1, -0.05) is 18.2 Å². The number of nitro benzene ring substituents is 1. The van der Waals surface area contributed by atoms with E-state index in [2.05, 4.69) is 15.6 Å². The zero-order valence-corrected chi connectivity index (χ0v) is 11.7. The molecule has 0 saturated heterocycles. The van der Waals surface area contributed by atoms with Gasteiger partial charge in [-0.25, -0.2) is 4.79 Å². The number of hydrogen-bond acceptors (Lipinski definition) is 4. The molecule has 0 radical (unpaired) electrons. The number of carbonyl (C=O) groups is 1. The van der Waals surface area contributed by atoms with Crippen LogP contribution in [0.5, 0.6) is 5.75 Å². The second kappa shape index (κ2) is 5.68. The van der Waals surface area contributed by atoms with Crippen LogP contribution in [0.4, 0.5) is 21.9 Å². The molecule has 0 bridgehead atoms. The molecule has 1 heterocycles. The smallest absolute Gasteiger partial charge is 0.323 e. The van der Waals surface area contributed by atoms with Crippen LogP contribution in [0.1, 0.15) is 0 Å². The summed E-state index contributed by atoms with van der Waals surface area (Å²) in [7, 11) is 0. The van der Waals surface area contributed by atoms with Gasteiger partial charge in [0.2, 0.25) is 0 Å². The quantitative estimate of drug-likeness (QED) is 0.336. The van der Waals surface area contributed by atoms with Crippen molar-refractivity contribution in [1.82, 2.24) is 4.98 Å². The third-order valence-corrected chi connectivity index (χ3v) is 3.28. The van der Waals surface area contributed by atoms with E-state index in [0.29, 0.717) is 5.69 Å². The van der Waals surface area contributed by atoms with Crippen molar-refractivity contribution in [2.45, 2.75) is 0 Å². The number of hydrogen-bond donors (Lipinski definition) is 4. The van der Waals surface area contributed by atoms with E-state index in [1.165, 1.54) is 12.1 Å². The van der Waals surface area contributed by atoms with E-state index in [9.17, 15) is 20.0 Å². The molecule has 0 spiro atoms. The Morgan fingerprint density at radius 3 is 2.61 bits per heavy atom. The highest BCUT2D eigenvalue weighted by atomic mass is 16.6. The fourth-order valence-corrected chi connectivity index (χ4v) is 2.19. The molecule has 1 aromatic heterocycles. The first-order valence-electron chi connectivity index (χ1n) is 6.66. The van der Waals surface area contributed by atoms with Crippen LogP contribution in [0, 0.1) is 10.1 Å². The average molecular weight is 312 g/mol. The number of phenols is 1. The minimum atomic E-state index is -0.629. The Morgan fingerprint density at radius 1 is 1.13 bits per heavy atom. The highest BCUT2D eigenvalue weighted by Crippen LogP contribution is 2.28. The number of aromatic hydroxyl groups is 1. The van der Waals surface area contributed by atoms with Gasteiger partial charge in [-0.2, -0.15) is 0 Å². The lowest BCUT2D eigenvalue weighted by atomic mass is 10.2. The zero-order valence-electron chi connectivity index (χ0n) is 11.7. The summed E-state index contributed by atoms with van der Waals surface area (Å²) in [6.45, 7) is 0. The minimum Gasteiger partial charge on any atom is -0.506 e. The Hall–Kier alpha value is -3.55. The number of anilines is 2. The maximum Gasteiger partial charge on any atom is 0.323 e. The van der Waals surface area contributed by atoms with Gasteiger partial charge in [0.1, 0.15) is 5.75 Å². The van der Waals surface area contributed by atoms with Gasteiger partial charge in [-0.15, -0.1) is 0 Å². The molecule has 2 amide bonds. The first-order valence-corrected chi connectivity index (χ1v) is 6.66. The van der Waals surface area contributed by atoms with Crippen molar-refractivity contribution in [3.05, 3.63) is 58.8 Å². The maximum atomic E-state index is 12.0. The Morgan fingerprint density at radius 2 is 1.87 bits per heavy atom. The molecule has 0 atom stereocenters. The fourth-order valence-electron chi connectivity index (χ4n) is 2.19. The summed E-state index contributed by atoms with van der Waals surface area (Å²) >= 11 is 0. The summed E-state index contributed by atoms with van der Waals surface area (Å²) in [6, 6.07) is 10.3. The van der Waals surface area contributed by atoms with Gasteiger partial charge in [-0.3, -0.25) is 10.1 Å². The maximum absolute atomic E-state index is 12.0. The predicted molar refractivity (Wildman–Crippen MR) is 85.7 cm³/mol. The van der Waals surface area contributed by atoms with Crippen LogP contribution >= 0.6 is 0 Å². The highest BCUT2D eigenvalue weighted by Gasteiger charge is 2.13. The summed E-state index contributed by atoms with van der Waals surface area (Å²) < 4.78 is 0. The van der Waals surface area contributed by atoms with E-state index in [1.807, 2.05) is 24.3 Å². The van der Waals surface area contributed by atoms with Crippen molar-refractivity contribution in [2.75, 3.05) is 10.6 Å². The molecular weight excluding hydrogens is 300 g/mol. The van der Waals surface area contributed by atoms with Crippen molar-refractivity contribution in [3.8, 4) is 5.75 Å². The first-order chi connectivity index (χ1) is 11.0. The molecule has 3 aromatic rings. The van der Waals surface area contributed by atoms with Crippen molar-refractivity contribution in [2.24, 2.45) is 0 Å². The number of nitrogens with one attached hydrogen (secondary N) is 3. The molecule has 8 nitrogen and oxygen atoms in total. The molecule has 0 aliphatic rings. The van der Waals surface area contributed by atoms with Crippen LogP contribution in [0.3, 0.4) is 0 Å². The molecular formula is C15H12N4O4. The number of carbonyl (C=O) groups excluding carboxylic acids is 1. The molecule has 0 saturated carbocycles. The van der Waals surface area contributed by atoms with Crippen molar-refractivity contribution < 1.29 is 14.8 Å². The number of para-hydroxylation sites is 1. The number of aromatic amines is 1. The summed E-state index contributed by atoms with van der Waals surface area (Å²) in [5.41, 5.74) is 1.28. The average Bonchev–Trinajstić information content (AvgIpc) is 2.92. The van der Waals surface area contributed by atoms with Gasteiger partial charge < -0.3 is 20.7 Å². The number of nitro groups is 1. The molecule has 4 N–H and O–H groups in total. The number of benzene rings is 2. The number of H-pyrrole nitrogens is 1. The lowest BCUT2D eigenvalue weighted by Gasteiger charge is -2.08. The molecule has 2 aromatic carbocycles. The Kier molecular flexibility index (Phi) is 3.55. The topological polar surface area (TPSA) is 120 Å². The molecule has 0 fully saturated rings. The van der Waals surface area contributed by atoms with E-state index in [0.717, 1.165) is 17.0 Å². The van der Waals surface area contributed by atoms with E-state index in [1.54, 1.807) is 6.20 Å². The normalized spacial score (nSPS) is 10.4. The van der Waals surface area contributed by atoms with Gasteiger partial charge in [-0.05, 0) is 12.1 Å². The Balaban J connectivity index is 1.76. The number of urea groups is 1. The molecule has 0 unspecified atom stereocenters. The summed E-state index contributed by atoms with van der Waals surface area (Å²) in [5, 5.41) is 26.3. The van der Waals surface area contributed by atoms with Crippen LogP contribution in [-0.4, -0.2) is 21.0 Å². The van der Waals surface area contributed by atoms with Gasteiger partial charge >= 0.3 is 6.03 Å². The SMILES string of the molecule is O=C(Nc1ccc([N+](=O)[O-])cc1O)Nc1c[nH]c2ccccc12. The van der Waals surface area contributed by atoms with Crippen LogP contribution in [0.15, 0.2) is 48.7 Å². The van der Waals surface area contributed by atoms with Crippen LogP contribution < -0.4 is 10.6 Å². The number of fused-ring (bicyclic) bond motifs is 1. The van der Waals surface area contributed by atoms with Crippen LogP contribution in [-0.2, 0) is 0 Å². The standard InChI is InChI=1S/C15H12N4O4/c20-14-7-9(19(22)23)5-6-12(14)17-15(21)18-13-8-16-11-4-2-1-3-10(11)13/h1-8,16,20H,(H2,17,18,21). The Labute approximate surface area is 129 Å². The monoisotopic (exact) mass is 312 g/mol. The summed E-state index contributed by atoms with van der Waals surface area (Å²) in [5.74, 6) is -0.381. The van der Waals surface area contributed by atoms with Gasteiger partial charge in [0.15, 0.2) is 0 Å². The molecule has 3 rings (SSSR count). The number of phenolic OH excluding ortho intramolecular Hbond substituents is 1. The van der Waals surface area contributed by atoms with Crippen molar-refractivity contribution in [3.63, 3.8) is 0 Å². The van der Waals surface area contributed by atoms with E-state index in [-0.39, 0.29) is 17.1 Å². The first kappa shape index (κ1) is 14.4. The minimum absolute atomic E-state index is 0.0768. The van der Waals surface area contributed by atoms with Crippen LogP contribution in [0.2, 0.25) is 0 Å². The fraction of sp³-hybridized carbons (Fsp3) is 0. The molecule has 116 valence electrons. The molecule has 23 heavy (non-hydrogen) atoms. The lowest BCUT2D eigenvalue weighted by molar-refractivity contribution is -0.384. The zero-order chi connectivity index (χ0) is 16.4. The van der Waals surface area contributed by atoms with E-state index >= 15 is 0 Å². The Bertz CT molecular complexity index is 903. The van der Waals surface area contributed by atoms with Crippen molar-refractivity contribution >= 4 is 34.0 Å². The third-order valence-electron chi connectivity index (χ3n) is 3.28. The number of nitrogens with zero attached hydrogens (tertiary/aromatic N) is 1. The second-order valence-electron chi connectivity index (χ2n) is 4.79. The molecule has 0 aliphatic heterocycles. The molecule has 8 heteroatoms. The number of non-ortho nitro benzene ring substituents is 1. The third kappa shape index (κ3) is 2.91. The van der Waals surface area contributed by atoms with Gasteiger partial charge in [0.05, 0.1) is 22.4 Å². The van der Waals surface area contributed by atoms with Crippen molar-refractivity contribution in [1.29, 1.82) is 0 Å².